The second-order valence-corrected chi connectivity index (χ2v) is 7.29. The van der Waals surface area contributed by atoms with Gasteiger partial charge >= 0.3 is 0 Å². The van der Waals surface area contributed by atoms with Crippen molar-refractivity contribution in [2.45, 2.75) is 45.6 Å². The molecular weight excluding hydrogens is 295 g/mol. The van der Waals surface area contributed by atoms with Gasteiger partial charge in [-0.05, 0) is 43.0 Å². The number of nitrogens with one attached hydrogen (secondary N) is 1. The van der Waals surface area contributed by atoms with Gasteiger partial charge in [-0.1, -0.05) is 31.9 Å². The summed E-state index contributed by atoms with van der Waals surface area (Å²) in [6.07, 6.45) is 4.64. The number of nitrogens with zero attached hydrogens (tertiary/aromatic N) is 1. The number of imidazole rings is 1. The number of fused-ring (bicyclic) bond motifs is 1. The molecule has 20 heavy (non-hydrogen) atoms. The van der Waals surface area contributed by atoms with Crippen molar-refractivity contribution >= 4 is 34.9 Å². The van der Waals surface area contributed by atoms with E-state index in [-0.39, 0.29) is 5.02 Å². The van der Waals surface area contributed by atoms with Crippen LogP contribution in [0.2, 0.25) is 5.02 Å². The monoisotopic (exact) mass is 312 g/mol. The van der Waals surface area contributed by atoms with Crippen LogP contribution in [0.25, 0.3) is 11.0 Å². The first kappa shape index (κ1) is 14.1. The number of rotatable bonds is 1. The van der Waals surface area contributed by atoms with E-state index in [4.69, 9.17) is 23.8 Å². The van der Waals surface area contributed by atoms with E-state index in [9.17, 15) is 4.39 Å². The quantitative estimate of drug-likeness (QED) is 0.676. The molecule has 1 unspecified atom stereocenters. The molecular formula is C15H18ClFN2S. The van der Waals surface area contributed by atoms with Crippen molar-refractivity contribution in [1.29, 1.82) is 0 Å². The van der Waals surface area contributed by atoms with E-state index in [1.165, 1.54) is 18.9 Å². The largest absolute Gasteiger partial charge is 0.330 e. The van der Waals surface area contributed by atoms with Crippen molar-refractivity contribution in [3.63, 3.8) is 0 Å². The minimum absolute atomic E-state index is 0.148. The molecule has 0 spiro atoms. The summed E-state index contributed by atoms with van der Waals surface area (Å²) >= 11 is 11.4. The third-order valence-electron chi connectivity index (χ3n) is 4.30. The Morgan fingerprint density at radius 3 is 2.90 bits per heavy atom. The van der Waals surface area contributed by atoms with Crippen LogP contribution in [-0.4, -0.2) is 9.55 Å². The maximum absolute atomic E-state index is 13.6. The number of benzene rings is 1. The highest BCUT2D eigenvalue weighted by molar-refractivity contribution is 7.71. The van der Waals surface area contributed by atoms with E-state index in [2.05, 4.69) is 23.4 Å². The van der Waals surface area contributed by atoms with Crippen LogP contribution < -0.4 is 0 Å². The number of hydrogen-bond donors (Lipinski definition) is 1. The van der Waals surface area contributed by atoms with Crippen molar-refractivity contribution in [1.82, 2.24) is 9.55 Å². The van der Waals surface area contributed by atoms with Gasteiger partial charge in [0.2, 0.25) is 0 Å². The van der Waals surface area contributed by atoms with Crippen LogP contribution in [0, 0.1) is 16.0 Å². The van der Waals surface area contributed by atoms with Crippen molar-refractivity contribution in [2.24, 2.45) is 5.41 Å². The molecule has 0 saturated heterocycles. The van der Waals surface area contributed by atoms with E-state index in [1.807, 2.05) is 0 Å². The fourth-order valence-electron chi connectivity index (χ4n) is 3.36. The molecule has 1 atom stereocenters. The highest BCUT2D eigenvalue weighted by Crippen LogP contribution is 2.42. The summed E-state index contributed by atoms with van der Waals surface area (Å²) in [6, 6.07) is 3.47. The molecule has 5 heteroatoms. The first-order chi connectivity index (χ1) is 9.37. The molecule has 1 aromatic heterocycles. The molecule has 1 heterocycles. The van der Waals surface area contributed by atoms with E-state index >= 15 is 0 Å². The summed E-state index contributed by atoms with van der Waals surface area (Å²) in [4.78, 5) is 3.10. The van der Waals surface area contributed by atoms with Gasteiger partial charge in [-0.15, -0.1) is 0 Å². The molecule has 0 amide bonds. The molecule has 0 radical (unpaired) electrons. The first-order valence-corrected chi connectivity index (χ1v) is 7.75. The zero-order valence-corrected chi connectivity index (χ0v) is 13.2. The lowest BCUT2D eigenvalue weighted by molar-refractivity contribution is 0.185. The molecule has 0 aliphatic heterocycles. The van der Waals surface area contributed by atoms with Crippen LogP contribution in [0.1, 0.15) is 45.6 Å². The highest BCUT2D eigenvalue weighted by atomic mass is 35.5. The Hall–Kier alpha value is -0.870. The van der Waals surface area contributed by atoms with Gasteiger partial charge in [0.25, 0.3) is 0 Å². The lowest BCUT2D eigenvalue weighted by atomic mass is 9.75. The zero-order valence-electron chi connectivity index (χ0n) is 11.7. The number of H-pyrrole nitrogens is 1. The number of aromatic nitrogens is 2. The molecule has 1 N–H and O–H groups in total. The minimum atomic E-state index is -0.411. The molecule has 1 saturated carbocycles. The van der Waals surface area contributed by atoms with Crippen LogP contribution in [0.3, 0.4) is 0 Å². The smallest absolute Gasteiger partial charge is 0.178 e. The van der Waals surface area contributed by atoms with Crippen molar-refractivity contribution in [3.05, 3.63) is 27.7 Å². The van der Waals surface area contributed by atoms with Crippen LogP contribution >= 0.6 is 23.8 Å². The molecule has 2 aromatic rings. The van der Waals surface area contributed by atoms with Gasteiger partial charge in [0.1, 0.15) is 5.82 Å². The van der Waals surface area contributed by atoms with Gasteiger partial charge in [-0.3, -0.25) is 0 Å². The Kier molecular flexibility index (Phi) is 3.41. The molecule has 3 rings (SSSR count). The summed E-state index contributed by atoms with van der Waals surface area (Å²) < 4.78 is 16.3. The van der Waals surface area contributed by atoms with Gasteiger partial charge < -0.3 is 9.55 Å². The number of aromatic amines is 1. The third-order valence-corrected chi connectivity index (χ3v) is 4.89. The number of halogens is 2. The Balaban J connectivity index is 2.13. The molecule has 1 aliphatic rings. The maximum Gasteiger partial charge on any atom is 0.178 e. The summed E-state index contributed by atoms with van der Waals surface area (Å²) in [5.74, 6) is -0.411. The second-order valence-electron chi connectivity index (χ2n) is 6.50. The van der Waals surface area contributed by atoms with Crippen LogP contribution in [0.5, 0.6) is 0 Å². The van der Waals surface area contributed by atoms with Crippen LogP contribution in [0.15, 0.2) is 12.1 Å². The van der Waals surface area contributed by atoms with Gasteiger partial charge in [-0.2, -0.15) is 0 Å². The lowest BCUT2D eigenvalue weighted by Gasteiger charge is -2.36. The predicted molar refractivity (Wildman–Crippen MR) is 83.4 cm³/mol. The van der Waals surface area contributed by atoms with E-state index in [1.54, 1.807) is 6.07 Å². The predicted octanol–water partition coefficient (Wildman–Crippen LogP) is 5.63. The normalized spacial score (nSPS) is 22.3. The second kappa shape index (κ2) is 4.85. The molecule has 2 nitrogen and oxygen atoms in total. The summed E-state index contributed by atoms with van der Waals surface area (Å²) in [5, 5.41) is 0.148. The molecule has 0 bridgehead atoms. The molecule has 1 aliphatic carbocycles. The Labute approximate surface area is 127 Å². The molecule has 1 fully saturated rings. The number of hydrogen-bond acceptors (Lipinski definition) is 1. The van der Waals surface area contributed by atoms with Crippen LogP contribution in [-0.2, 0) is 0 Å². The summed E-state index contributed by atoms with van der Waals surface area (Å²) in [7, 11) is 0. The minimum Gasteiger partial charge on any atom is -0.330 e. The summed E-state index contributed by atoms with van der Waals surface area (Å²) in [5.41, 5.74) is 1.95. The Morgan fingerprint density at radius 1 is 1.45 bits per heavy atom. The average molecular weight is 313 g/mol. The van der Waals surface area contributed by atoms with Gasteiger partial charge in [0, 0.05) is 12.1 Å². The SMILES string of the molecule is CC1(C)CCCC(n2c(=S)[nH]c3cc(F)c(Cl)cc32)C1. The molecule has 108 valence electrons. The van der Waals surface area contributed by atoms with Crippen LogP contribution in [0.4, 0.5) is 4.39 Å². The van der Waals surface area contributed by atoms with E-state index in [0.717, 1.165) is 23.9 Å². The van der Waals surface area contributed by atoms with E-state index < -0.39 is 5.82 Å². The maximum atomic E-state index is 13.6. The topological polar surface area (TPSA) is 20.7 Å². The fourth-order valence-corrected chi connectivity index (χ4v) is 3.88. The zero-order chi connectivity index (χ0) is 14.5. The van der Waals surface area contributed by atoms with Crippen molar-refractivity contribution in [2.75, 3.05) is 0 Å². The fraction of sp³-hybridized carbons (Fsp3) is 0.533. The first-order valence-electron chi connectivity index (χ1n) is 6.97. The lowest BCUT2D eigenvalue weighted by Crippen LogP contribution is -2.25. The standard InChI is InChI=1S/C15H18ClFN2S/c1-15(2)5-3-4-9(8-15)19-13-6-10(16)11(17)7-12(13)18-14(19)20/h6-7,9H,3-5,8H2,1-2H3,(H,18,20). The third kappa shape index (κ3) is 2.40. The van der Waals surface area contributed by atoms with E-state index in [0.29, 0.717) is 16.2 Å². The van der Waals surface area contributed by atoms with Gasteiger partial charge in [-0.25, -0.2) is 4.39 Å². The highest BCUT2D eigenvalue weighted by Gasteiger charge is 2.30. The van der Waals surface area contributed by atoms with Gasteiger partial charge in [0.05, 0.1) is 16.1 Å². The van der Waals surface area contributed by atoms with Gasteiger partial charge in [0.15, 0.2) is 4.77 Å². The van der Waals surface area contributed by atoms with Crippen molar-refractivity contribution < 1.29 is 4.39 Å². The summed E-state index contributed by atoms with van der Waals surface area (Å²) in [6.45, 7) is 4.59. The molecule has 1 aromatic carbocycles. The Bertz CT molecular complexity index is 716. The van der Waals surface area contributed by atoms with Crippen molar-refractivity contribution in [3.8, 4) is 0 Å². The average Bonchev–Trinajstić information content (AvgIpc) is 2.64. The Morgan fingerprint density at radius 2 is 2.20 bits per heavy atom.